The van der Waals surface area contributed by atoms with E-state index in [1.54, 1.807) is 0 Å². The first-order chi connectivity index (χ1) is 8.06. The van der Waals surface area contributed by atoms with Gasteiger partial charge in [0.15, 0.2) is 0 Å². The number of aromatic nitrogens is 1. The first kappa shape index (κ1) is 12.9. The smallest absolute Gasteiger partial charge is 0.130 e. The van der Waals surface area contributed by atoms with Gasteiger partial charge in [-0.1, -0.05) is 11.6 Å². The summed E-state index contributed by atoms with van der Waals surface area (Å²) in [5.74, 6) is 0.795. The first-order valence-corrected chi connectivity index (χ1v) is 6.88. The summed E-state index contributed by atoms with van der Waals surface area (Å²) in [6.07, 6.45) is 0. The van der Waals surface area contributed by atoms with Crippen molar-refractivity contribution in [1.82, 2.24) is 4.98 Å². The first-order valence-electron chi connectivity index (χ1n) is 4.91. The van der Waals surface area contributed by atoms with Crippen molar-refractivity contribution in [1.29, 1.82) is 0 Å². The van der Waals surface area contributed by atoms with E-state index in [2.05, 4.69) is 42.2 Å². The van der Waals surface area contributed by atoms with Crippen LogP contribution in [0.25, 0.3) is 0 Å². The van der Waals surface area contributed by atoms with Gasteiger partial charge < -0.3 is 5.32 Å². The monoisotopic (exact) mass is 374 g/mol. The van der Waals surface area contributed by atoms with Crippen molar-refractivity contribution in [3.05, 3.63) is 50.0 Å². The number of pyridine rings is 1. The number of rotatable bonds is 2. The number of nitrogens with one attached hydrogen (secondary N) is 1. The van der Waals surface area contributed by atoms with E-state index in [0.29, 0.717) is 5.02 Å². The topological polar surface area (TPSA) is 24.9 Å². The average Bonchev–Trinajstić information content (AvgIpc) is 2.29. The van der Waals surface area contributed by atoms with Gasteiger partial charge in [0.05, 0.1) is 10.7 Å². The Bertz CT molecular complexity index is 509. The molecule has 1 aromatic heterocycles. The van der Waals surface area contributed by atoms with E-state index in [1.807, 2.05) is 37.3 Å². The van der Waals surface area contributed by atoms with Gasteiger partial charge in [-0.2, -0.15) is 0 Å². The maximum Gasteiger partial charge on any atom is 0.130 e. The quantitative estimate of drug-likeness (QED) is 0.768. The van der Waals surface area contributed by atoms with Crippen LogP contribution in [0.1, 0.15) is 5.69 Å². The molecule has 0 bridgehead atoms. The largest absolute Gasteiger partial charge is 0.340 e. The molecule has 2 nitrogen and oxygen atoms in total. The highest BCUT2D eigenvalue weighted by Crippen LogP contribution is 2.27. The van der Waals surface area contributed by atoms with Crippen LogP contribution in [0.3, 0.4) is 0 Å². The van der Waals surface area contributed by atoms with Crippen LogP contribution < -0.4 is 5.32 Å². The minimum absolute atomic E-state index is 0.670. The Kier molecular flexibility index (Phi) is 4.07. The third kappa shape index (κ3) is 3.21. The van der Waals surface area contributed by atoms with Crippen LogP contribution in [0.15, 0.2) is 39.3 Å². The molecule has 1 N–H and O–H groups in total. The zero-order chi connectivity index (χ0) is 12.4. The Morgan fingerprint density at radius 2 is 1.82 bits per heavy atom. The van der Waals surface area contributed by atoms with Crippen molar-refractivity contribution in [2.75, 3.05) is 5.32 Å². The van der Waals surface area contributed by atoms with Crippen LogP contribution in [0, 0.1) is 6.92 Å². The SMILES string of the molecule is Cc1nc(Nc2ccc(Br)c(Cl)c2)ccc1Br. The van der Waals surface area contributed by atoms with Gasteiger partial charge in [-0.3, -0.25) is 0 Å². The number of hydrogen-bond donors (Lipinski definition) is 1. The molecule has 0 aliphatic heterocycles. The fraction of sp³-hybridized carbons (Fsp3) is 0.0833. The molecule has 0 fully saturated rings. The second-order valence-electron chi connectivity index (χ2n) is 3.52. The Hall–Kier alpha value is -0.580. The van der Waals surface area contributed by atoms with Crippen LogP contribution >= 0.6 is 43.5 Å². The van der Waals surface area contributed by atoms with Crippen molar-refractivity contribution in [3.8, 4) is 0 Å². The molecule has 0 spiro atoms. The molecule has 0 unspecified atom stereocenters. The molecule has 17 heavy (non-hydrogen) atoms. The van der Waals surface area contributed by atoms with E-state index >= 15 is 0 Å². The predicted octanol–water partition coefficient (Wildman–Crippen LogP) is 5.31. The van der Waals surface area contributed by atoms with Gasteiger partial charge in [-0.05, 0) is 69.1 Å². The summed E-state index contributed by atoms with van der Waals surface area (Å²) in [5, 5.41) is 3.87. The molecule has 2 rings (SSSR count). The number of benzene rings is 1. The molecule has 88 valence electrons. The Labute approximate surface area is 122 Å². The van der Waals surface area contributed by atoms with E-state index in [1.165, 1.54) is 0 Å². The molecule has 0 saturated carbocycles. The van der Waals surface area contributed by atoms with Gasteiger partial charge in [-0.15, -0.1) is 0 Å². The molecule has 0 atom stereocenters. The molecule has 5 heteroatoms. The predicted molar refractivity (Wildman–Crippen MR) is 79.1 cm³/mol. The summed E-state index contributed by atoms with van der Waals surface area (Å²) in [6.45, 7) is 1.95. The van der Waals surface area contributed by atoms with Crippen molar-refractivity contribution in [2.45, 2.75) is 6.92 Å². The van der Waals surface area contributed by atoms with Gasteiger partial charge in [0.2, 0.25) is 0 Å². The van der Waals surface area contributed by atoms with Crippen LogP contribution in [0.2, 0.25) is 5.02 Å². The molecule has 0 saturated heterocycles. The standard InChI is InChI=1S/C12H9Br2ClN2/c1-7-9(13)4-5-12(16-7)17-8-2-3-10(14)11(15)6-8/h2-6H,1H3,(H,16,17). The van der Waals surface area contributed by atoms with E-state index < -0.39 is 0 Å². The van der Waals surface area contributed by atoms with Crippen LogP contribution in [0.5, 0.6) is 0 Å². The second-order valence-corrected chi connectivity index (χ2v) is 5.63. The lowest BCUT2D eigenvalue weighted by atomic mass is 10.3. The van der Waals surface area contributed by atoms with E-state index in [0.717, 1.165) is 26.1 Å². The van der Waals surface area contributed by atoms with E-state index in [9.17, 15) is 0 Å². The highest BCUT2D eigenvalue weighted by atomic mass is 79.9. The van der Waals surface area contributed by atoms with Crippen molar-refractivity contribution >= 4 is 55.0 Å². The van der Waals surface area contributed by atoms with Crippen molar-refractivity contribution < 1.29 is 0 Å². The fourth-order valence-corrected chi connectivity index (χ4v) is 1.98. The average molecular weight is 376 g/mol. The Balaban J connectivity index is 2.25. The maximum atomic E-state index is 6.02. The van der Waals surface area contributed by atoms with Crippen LogP contribution in [0.4, 0.5) is 11.5 Å². The van der Waals surface area contributed by atoms with Gasteiger partial charge in [0.1, 0.15) is 5.82 Å². The van der Waals surface area contributed by atoms with Gasteiger partial charge >= 0.3 is 0 Å². The zero-order valence-corrected chi connectivity index (χ0v) is 12.9. The van der Waals surface area contributed by atoms with Gasteiger partial charge in [0.25, 0.3) is 0 Å². The molecule has 1 aromatic carbocycles. The number of halogens is 3. The maximum absolute atomic E-state index is 6.02. The summed E-state index contributed by atoms with van der Waals surface area (Å²) >= 11 is 12.8. The van der Waals surface area contributed by atoms with Crippen molar-refractivity contribution in [3.63, 3.8) is 0 Å². The molecule has 0 aliphatic carbocycles. The number of aryl methyl sites for hydroxylation is 1. The lowest BCUT2D eigenvalue weighted by molar-refractivity contribution is 1.18. The second kappa shape index (κ2) is 5.38. The van der Waals surface area contributed by atoms with Crippen molar-refractivity contribution in [2.24, 2.45) is 0 Å². The molecular weight excluding hydrogens is 367 g/mol. The molecule has 0 radical (unpaired) electrons. The summed E-state index contributed by atoms with van der Waals surface area (Å²) in [6, 6.07) is 9.56. The van der Waals surface area contributed by atoms with Crippen LogP contribution in [-0.2, 0) is 0 Å². The molecule has 0 aliphatic rings. The van der Waals surface area contributed by atoms with E-state index in [4.69, 9.17) is 11.6 Å². The van der Waals surface area contributed by atoms with Gasteiger partial charge in [-0.25, -0.2) is 4.98 Å². The fourth-order valence-electron chi connectivity index (χ4n) is 1.34. The highest BCUT2D eigenvalue weighted by Gasteiger charge is 2.02. The summed E-state index contributed by atoms with van der Waals surface area (Å²) in [4.78, 5) is 4.41. The molecule has 1 heterocycles. The van der Waals surface area contributed by atoms with Gasteiger partial charge in [0, 0.05) is 14.6 Å². The number of anilines is 2. The summed E-state index contributed by atoms with van der Waals surface area (Å²) in [5.41, 5.74) is 1.85. The summed E-state index contributed by atoms with van der Waals surface area (Å²) in [7, 11) is 0. The molecule has 0 amide bonds. The lowest BCUT2D eigenvalue weighted by Gasteiger charge is -2.08. The minimum Gasteiger partial charge on any atom is -0.340 e. The third-order valence-electron chi connectivity index (χ3n) is 2.21. The lowest BCUT2D eigenvalue weighted by Crippen LogP contribution is -1.95. The Morgan fingerprint density at radius 1 is 1.12 bits per heavy atom. The third-order valence-corrected chi connectivity index (χ3v) is 4.28. The number of hydrogen-bond acceptors (Lipinski definition) is 2. The minimum atomic E-state index is 0.670. The highest BCUT2D eigenvalue weighted by molar-refractivity contribution is 9.10. The zero-order valence-electron chi connectivity index (χ0n) is 8.97. The molecule has 2 aromatic rings. The van der Waals surface area contributed by atoms with Crippen LogP contribution in [-0.4, -0.2) is 4.98 Å². The Morgan fingerprint density at radius 3 is 2.47 bits per heavy atom. The molecular formula is C12H9Br2ClN2. The number of nitrogens with zero attached hydrogens (tertiary/aromatic N) is 1. The van der Waals surface area contributed by atoms with E-state index in [-0.39, 0.29) is 0 Å². The summed E-state index contributed by atoms with van der Waals surface area (Å²) < 4.78 is 1.88. The normalized spacial score (nSPS) is 10.4.